The fourth-order valence-electron chi connectivity index (χ4n) is 5.35. The van der Waals surface area contributed by atoms with Crippen LogP contribution in [0.4, 0.5) is 5.69 Å². The van der Waals surface area contributed by atoms with Crippen LogP contribution in [0.15, 0.2) is 27.6 Å². The molecule has 2 saturated carbocycles. The zero-order chi connectivity index (χ0) is 21.5. The van der Waals surface area contributed by atoms with Crippen molar-refractivity contribution < 1.29 is 13.5 Å². The number of nitrogens with zero attached hydrogens (tertiary/aromatic N) is 1. The summed E-state index contributed by atoms with van der Waals surface area (Å²) in [5.41, 5.74) is 0.837. The van der Waals surface area contributed by atoms with E-state index in [-0.39, 0.29) is 29.5 Å². The standard InChI is InChI=1S/C22H34BrN3O3S/c1-15(2)7-16(13-27)11-25-30(28,29)21-6-3-18(23)8-20(21)24-14-22-9-17(10-22)12-26(22)19-4-5-19/h3,6,8,15-17,19,24-25,27H,4-5,7,9-14H2,1-2H3. The maximum atomic E-state index is 13.1. The minimum Gasteiger partial charge on any atom is -0.396 e. The zero-order valence-corrected chi connectivity index (χ0v) is 20.3. The first-order valence-corrected chi connectivity index (χ1v) is 13.4. The highest BCUT2D eigenvalue weighted by Crippen LogP contribution is 2.54. The van der Waals surface area contributed by atoms with Crippen molar-refractivity contribution in [1.29, 1.82) is 0 Å². The molecule has 0 amide bonds. The molecule has 0 spiro atoms. The smallest absolute Gasteiger partial charge is 0.242 e. The maximum Gasteiger partial charge on any atom is 0.242 e. The van der Waals surface area contributed by atoms with Gasteiger partial charge in [0.1, 0.15) is 4.90 Å². The SMILES string of the molecule is CC(C)CC(CO)CNS(=O)(=O)c1ccc(Br)cc1NCC12CC(CN1C1CC1)C2. The highest BCUT2D eigenvalue weighted by atomic mass is 79.9. The molecule has 2 aliphatic carbocycles. The van der Waals surface area contributed by atoms with Crippen molar-refractivity contribution >= 4 is 31.6 Å². The lowest BCUT2D eigenvalue weighted by molar-refractivity contribution is 0.115. The van der Waals surface area contributed by atoms with E-state index in [9.17, 15) is 13.5 Å². The molecule has 168 valence electrons. The molecule has 0 radical (unpaired) electrons. The molecule has 0 aromatic heterocycles. The molecule has 1 atom stereocenters. The molecule has 2 bridgehead atoms. The number of benzene rings is 1. The van der Waals surface area contributed by atoms with E-state index < -0.39 is 10.0 Å². The monoisotopic (exact) mass is 499 g/mol. The molecule has 30 heavy (non-hydrogen) atoms. The highest BCUT2D eigenvalue weighted by molar-refractivity contribution is 9.10. The van der Waals surface area contributed by atoms with Crippen LogP contribution in [0.3, 0.4) is 0 Å². The molecule has 2 saturated heterocycles. The molecule has 2 heterocycles. The van der Waals surface area contributed by atoms with Crippen LogP contribution in [0.5, 0.6) is 0 Å². The largest absolute Gasteiger partial charge is 0.396 e. The molecular formula is C22H34BrN3O3S. The molecule has 1 unspecified atom stereocenters. The van der Waals surface area contributed by atoms with E-state index in [1.165, 1.54) is 32.2 Å². The van der Waals surface area contributed by atoms with Crippen LogP contribution in [0.25, 0.3) is 0 Å². The number of halogens is 1. The van der Waals surface area contributed by atoms with Crippen molar-refractivity contribution in [3.05, 3.63) is 22.7 Å². The molecule has 4 fully saturated rings. The number of fused-ring (bicyclic) bond motifs is 1. The van der Waals surface area contributed by atoms with Crippen LogP contribution in [0, 0.1) is 17.8 Å². The Hall–Kier alpha value is -0.670. The summed E-state index contributed by atoms with van der Waals surface area (Å²) in [7, 11) is -3.68. The highest BCUT2D eigenvalue weighted by Gasteiger charge is 2.59. The quantitative estimate of drug-likeness (QED) is 0.434. The van der Waals surface area contributed by atoms with Crippen LogP contribution in [-0.4, -0.2) is 56.2 Å². The van der Waals surface area contributed by atoms with Crippen molar-refractivity contribution in [3.8, 4) is 0 Å². The Bertz CT molecular complexity index is 866. The maximum absolute atomic E-state index is 13.1. The summed E-state index contributed by atoms with van der Waals surface area (Å²) < 4.78 is 29.7. The number of aliphatic hydroxyl groups is 1. The van der Waals surface area contributed by atoms with E-state index in [1.54, 1.807) is 12.1 Å². The summed E-state index contributed by atoms with van der Waals surface area (Å²) in [4.78, 5) is 2.95. The Morgan fingerprint density at radius 3 is 2.67 bits per heavy atom. The molecule has 5 rings (SSSR count). The number of anilines is 1. The van der Waals surface area contributed by atoms with Gasteiger partial charge in [0.05, 0.1) is 5.69 Å². The first kappa shape index (κ1) is 22.5. The van der Waals surface area contributed by atoms with Crippen molar-refractivity contribution in [1.82, 2.24) is 9.62 Å². The van der Waals surface area contributed by atoms with Crippen LogP contribution in [-0.2, 0) is 10.0 Å². The Kier molecular flexibility index (Phi) is 6.53. The van der Waals surface area contributed by atoms with Gasteiger partial charge in [-0.25, -0.2) is 13.1 Å². The Labute approximate surface area is 189 Å². The van der Waals surface area contributed by atoms with Gasteiger partial charge in [-0.3, -0.25) is 4.90 Å². The number of aliphatic hydroxyl groups excluding tert-OH is 1. The third-order valence-corrected chi connectivity index (χ3v) is 8.83. The number of nitrogens with one attached hydrogen (secondary N) is 2. The van der Waals surface area contributed by atoms with E-state index in [4.69, 9.17) is 0 Å². The summed E-state index contributed by atoms with van der Waals surface area (Å²) in [6, 6.07) is 6.01. The minimum absolute atomic E-state index is 0.0210. The van der Waals surface area contributed by atoms with Gasteiger partial charge in [-0.15, -0.1) is 0 Å². The van der Waals surface area contributed by atoms with Gasteiger partial charge >= 0.3 is 0 Å². The average Bonchev–Trinajstić information content (AvgIpc) is 3.35. The molecule has 1 aromatic rings. The van der Waals surface area contributed by atoms with Crippen molar-refractivity contribution in [2.75, 3.05) is 31.6 Å². The van der Waals surface area contributed by atoms with Crippen LogP contribution >= 0.6 is 15.9 Å². The first-order valence-electron chi connectivity index (χ1n) is 11.1. The van der Waals surface area contributed by atoms with Gasteiger partial charge < -0.3 is 10.4 Å². The molecule has 4 aliphatic rings. The molecule has 2 aliphatic heterocycles. The second kappa shape index (κ2) is 8.70. The van der Waals surface area contributed by atoms with Crippen molar-refractivity contribution in [2.45, 2.75) is 62.4 Å². The van der Waals surface area contributed by atoms with Gasteiger partial charge in [0.2, 0.25) is 10.0 Å². The Balaban J connectivity index is 1.46. The van der Waals surface area contributed by atoms with E-state index in [0.29, 0.717) is 11.6 Å². The van der Waals surface area contributed by atoms with Gasteiger partial charge in [0, 0.05) is 42.3 Å². The summed E-state index contributed by atoms with van der Waals surface area (Å²) in [5.74, 6) is 1.14. The average molecular weight is 501 g/mol. The van der Waals surface area contributed by atoms with E-state index in [2.05, 4.69) is 44.7 Å². The molecule has 8 heteroatoms. The lowest BCUT2D eigenvalue weighted by Crippen LogP contribution is -2.52. The third kappa shape index (κ3) is 4.72. The van der Waals surface area contributed by atoms with E-state index in [1.807, 2.05) is 6.07 Å². The predicted molar refractivity (Wildman–Crippen MR) is 123 cm³/mol. The predicted octanol–water partition coefficient (Wildman–Crippen LogP) is 3.42. The third-order valence-electron chi connectivity index (χ3n) is 6.85. The fraction of sp³-hybridized carbons (Fsp3) is 0.727. The van der Waals surface area contributed by atoms with Crippen LogP contribution in [0.2, 0.25) is 0 Å². The number of hydrogen-bond donors (Lipinski definition) is 3. The van der Waals surface area contributed by atoms with Gasteiger partial charge in [-0.05, 0) is 68.1 Å². The van der Waals surface area contributed by atoms with Crippen LogP contribution in [0.1, 0.15) is 46.0 Å². The zero-order valence-electron chi connectivity index (χ0n) is 17.9. The summed E-state index contributed by atoms with van der Waals surface area (Å²) in [6.45, 7) is 6.36. The number of sulfonamides is 1. The molecule has 1 aromatic carbocycles. The topological polar surface area (TPSA) is 81.7 Å². The number of rotatable bonds is 11. The Morgan fingerprint density at radius 1 is 1.30 bits per heavy atom. The van der Waals surface area contributed by atoms with Crippen LogP contribution < -0.4 is 10.0 Å². The lowest BCUT2D eigenvalue weighted by atomic mass is 9.73. The molecule has 3 N–H and O–H groups in total. The minimum atomic E-state index is -3.68. The van der Waals surface area contributed by atoms with Crippen molar-refractivity contribution in [3.63, 3.8) is 0 Å². The second-order valence-corrected chi connectivity index (χ2v) is 12.6. The molecule has 6 nitrogen and oxygen atoms in total. The normalized spacial score (nSPS) is 27.3. The van der Waals surface area contributed by atoms with E-state index in [0.717, 1.165) is 29.4 Å². The van der Waals surface area contributed by atoms with Crippen molar-refractivity contribution in [2.24, 2.45) is 17.8 Å². The Morgan fingerprint density at radius 2 is 2.03 bits per heavy atom. The number of hydrogen-bond acceptors (Lipinski definition) is 5. The summed E-state index contributed by atoms with van der Waals surface area (Å²) >= 11 is 3.49. The molecular weight excluding hydrogens is 466 g/mol. The summed E-state index contributed by atoms with van der Waals surface area (Å²) in [6.07, 6.45) is 5.83. The fourth-order valence-corrected chi connectivity index (χ4v) is 6.99. The summed E-state index contributed by atoms with van der Waals surface area (Å²) in [5, 5.41) is 13.1. The van der Waals surface area contributed by atoms with Gasteiger partial charge in [-0.2, -0.15) is 0 Å². The van der Waals surface area contributed by atoms with E-state index >= 15 is 0 Å². The first-order chi connectivity index (χ1) is 14.2. The van der Waals surface area contributed by atoms with Gasteiger partial charge in [-0.1, -0.05) is 29.8 Å². The van der Waals surface area contributed by atoms with Gasteiger partial charge in [0.15, 0.2) is 0 Å². The van der Waals surface area contributed by atoms with Gasteiger partial charge in [0.25, 0.3) is 0 Å². The lowest BCUT2D eigenvalue weighted by Gasteiger charge is -2.43. The second-order valence-electron chi connectivity index (χ2n) is 9.91.